The largest absolute Gasteiger partial charge is 0.480 e. The Morgan fingerprint density at radius 2 is 1.96 bits per heavy atom. The van der Waals surface area contributed by atoms with Crippen molar-refractivity contribution in [1.82, 2.24) is 10.2 Å². The van der Waals surface area contributed by atoms with E-state index in [2.05, 4.69) is 5.32 Å². The van der Waals surface area contributed by atoms with Crippen LogP contribution in [-0.4, -0.2) is 46.7 Å². The van der Waals surface area contributed by atoms with Gasteiger partial charge in [-0.25, -0.2) is 0 Å². The van der Waals surface area contributed by atoms with Crippen molar-refractivity contribution < 1.29 is 24.3 Å². The molecule has 1 aliphatic rings. The number of nitrogens with one attached hydrogen (secondary N) is 1. The fourth-order valence-corrected chi connectivity index (χ4v) is 2.93. The number of piperidine rings is 1. The molecule has 0 saturated carbocycles. The van der Waals surface area contributed by atoms with Gasteiger partial charge in [0, 0.05) is 19.0 Å². The average molecular weight is 387 g/mol. The van der Waals surface area contributed by atoms with Gasteiger partial charge < -0.3 is 15.3 Å². The van der Waals surface area contributed by atoms with Gasteiger partial charge in [-0.15, -0.1) is 0 Å². The van der Waals surface area contributed by atoms with Gasteiger partial charge in [0.15, 0.2) is 11.7 Å². The zero-order valence-electron chi connectivity index (χ0n) is 13.3. The number of carboxylic acids is 1. The maximum absolute atomic E-state index is 12.6. The van der Waals surface area contributed by atoms with Gasteiger partial charge >= 0.3 is 5.97 Å². The molecule has 9 heteroatoms. The number of carbonyl (C=O) groups excluding carboxylic acids is 3. The lowest BCUT2D eigenvalue weighted by Crippen LogP contribution is -2.55. The standard InChI is InChI=1S/C16H16Cl2N2O5/c1-8-6-20(7-9-2-3-10(17)11(18)4-9)16(25)13(14(8)23)15(24)19-5-12(21)22/h2-4,8,13H,5-7H2,1H3,(H,19,24)(H,21,22). The Morgan fingerprint density at radius 3 is 2.56 bits per heavy atom. The van der Waals surface area contributed by atoms with Crippen molar-refractivity contribution in [2.24, 2.45) is 11.8 Å². The fraction of sp³-hybridized carbons (Fsp3) is 0.375. The van der Waals surface area contributed by atoms with Gasteiger partial charge in [-0.3, -0.25) is 19.2 Å². The second kappa shape index (κ2) is 7.84. The summed E-state index contributed by atoms with van der Waals surface area (Å²) in [7, 11) is 0. The lowest BCUT2D eigenvalue weighted by molar-refractivity contribution is -0.155. The van der Waals surface area contributed by atoms with Crippen LogP contribution in [0.25, 0.3) is 0 Å². The number of aliphatic carboxylic acids is 1. The second-order valence-corrected chi connectivity index (χ2v) is 6.63. The van der Waals surface area contributed by atoms with E-state index >= 15 is 0 Å². The van der Waals surface area contributed by atoms with Gasteiger partial charge in [0.05, 0.1) is 10.0 Å². The molecule has 1 fully saturated rings. The third-order valence-corrected chi connectivity index (χ3v) is 4.60. The van der Waals surface area contributed by atoms with Gasteiger partial charge in [0.1, 0.15) is 6.54 Å². The predicted molar refractivity (Wildman–Crippen MR) is 90.2 cm³/mol. The molecule has 0 aliphatic carbocycles. The number of hydrogen-bond acceptors (Lipinski definition) is 4. The molecule has 2 amide bonds. The zero-order valence-corrected chi connectivity index (χ0v) is 14.8. The van der Waals surface area contributed by atoms with Gasteiger partial charge in [-0.1, -0.05) is 36.2 Å². The summed E-state index contributed by atoms with van der Waals surface area (Å²) in [6.07, 6.45) is 0. The summed E-state index contributed by atoms with van der Waals surface area (Å²) in [6, 6.07) is 4.90. The molecule has 7 nitrogen and oxygen atoms in total. The van der Waals surface area contributed by atoms with Crippen LogP contribution in [0.4, 0.5) is 0 Å². The molecule has 2 unspecified atom stereocenters. The van der Waals surface area contributed by atoms with Gasteiger partial charge in [0.2, 0.25) is 11.8 Å². The SMILES string of the molecule is CC1CN(Cc2ccc(Cl)c(Cl)c2)C(=O)C(C(=O)NCC(=O)O)C1=O. The first-order valence-corrected chi connectivity index (χ1v) is 8.22. The van der Waals surface area contributed by atoms with Crippen molar-refractivity contribution in [2.45, 2.75) is 13.5 Å². The zero-order chi connectivity index (χ0) is 18.7. The minimum absolute atomic E-state index is 0.163. The molecule has 2 atom stereocenters. The molecule has 25 heavy (non-hydrogen) atoms. The van der Waals surface area contributed by atoms with Gasteiger partial charge in [0.25, 0.3) is 0 Å². The molecule has 0 radical (unpaired) electrons. The summed E-state index contributed by atoms with van der Waals surface area (Å²) in [4.78, 5) is 48.8. The van der Waals surface area contributed by atoms with Crippen molar-refractivity contribution in [3.8, 4) is 0 Å². The molecule has 0 aromatic heterocycles. The molecule has 1 aromatic rings. The number of nitrogens with zero attached hydrogens (tertiary/aromatic N) is 1. The number of carbonyl (C=O) groups is 4. The summed E-state index contributed by atoms with van der Waals surface area (Å²) < 4.78 is 0. The normalized spacial score (nSPS) is 20.5. The predicted octanol–water partition coefficient (Wildman–Crippen LogP) is 1.36. The van der Waals surface area contributed by atoms with Crippen molar-refractivity contribution in [3.63, 3.8) is 0 Å². The number of Topliss-reactive ketones (excluding diaryl/α,β-unsaturated/α-hetero) is 1. The Morgan fingerprint density at radius 1 is 1.28 bits per heavy atom. The van der Waals surface area contributed by atoms with Crippen molar-refractivity contribution >= 4 is 46.8 Å². The molecule has 1 saturated heterocycles. The topological polar surface area (TPSA) is 104 Å². The number of carboxylic acid groups (broad SMARTS) is 1. The number of likely N-dealkylation sites (tertiary alicyclic amines) is 1. The van der Waals surface area contributed by atoms with E-state index < -0.39 is 41.9 Å². The molecular weight excluding hydrogens is 371 g/mol. The van der Waals surface area contributed by atoms with Crippen LogP contribution in [-0.2, 0) is 25.7 Å². The van der Waals surface area contributed by atoms with Crippen molar-refractivity contribution in [3.05, 3.63) is 33.8 Å². The number of amides is 2. The minimum Gasteiger partial charge on any atom is -0.480 e. The third-order valence-electron chi connectivity index (χ3n) is 3.86. The third kappa shape index (κ3) is 4.49. The van der Waals surface area contributed by atoms with Crippen molar-refractivity contribution in [2.75, 3.05) is 13.1 Å². The molecule has 1 heterocycles. The quantitative estimate of drug-likeness (QED) is 0.743. The van der Waals surface area contributed by atoms with Crippen LogP contribution in [0.1, 0.15) is 12.5 Å². The molecule has 2 N–H and O–H groups in total. The molecular formula is C16H16Cl2N2O5. The molecule has 0 spiro atoms. The van der Waals surface area contributed by atoms with Crippen LogP contribution in [0.15, 0.2) is 18.2 Å². The van der Waals surface area contributed by atoms with Crippen LogP contribution in [0, 0.1) is 11.8 Å². The monoisotopic (exact) mass is 386 g/mol. The van der Waals surface area contributed by atoms with Crippen LogP contribution >= 0.6 is 23.2 Å². The van der Waals surface area contributed by atoms with E-state index in [1.54, 1.807) is 25.1 Å². The Kier molecular flexibility index (Phi) is 6.02. The van der Waals surface area contributed by atoms with Gasteiger partial charge in [-0.2, -0.15) is 0 Å². The first-order chi connectivity index (χ1) is 11.7. The Balaban J connectivity index is 2.17. The number of halogens is 2. The first-order valence-electron chi connectivity index (χ1n) is 7.46. The van der Waals surface area contributed by atoms with Crippen LogP contribution < -0.4 is 5.32 Å². The van der Waals surface area contributed by atoms with E-state index in [4.69, 9.17) is 28.3 Å². The number of ketones is 1. The molecule has 134 valence electrons. The highest BCUT2D eigenvalue weighted by Gasteiger charge is 2.44. The number of rotatable bonds is 5. The Bertz CT molecular complexity index is 737. The van der Waals surface area contributed by atoms with Crippen LogP contribution in [0.5, 0.6) is 0 Å². The highest BCUT2D eigenvalue weighted by molar-refractivity contribution is 6.42. The molecule has 1 aromatic carbocycles. The number of benzene rings is 1. The maximum atomic E-state index is 12.6. The van der Waals surface area contributed by atoms with E-state index in [1.165, 1.54) is 4.90 Å². The fourth-order valence-electron chi connectivity index (χ4n) is 2.61. The van der Waals surface area contributed by atoms with E-state index in [1.807, 2.05) is 0 Å². The van der Waals surface area contributed by atoms with E-state index in [0.717, 1.165) is 0 Å². The summed E-state index contributed by atoms with van der Waals surface area (Å²) in [5.74, 6) is -5.41. The van der Waals surface area contributed by atoms with Crippen LogP contribution in [0.3, 0.4) is 0 Å². The Hall–Kier alpha value is -2.12. The summed E-state index contributed by atoms with van der Waals surface area (Å²) >= 11 is 11.8. The molecule has 2 rings (SSSR count). The smallest absolute Gasteiger partial charge is 0.322 e. The first kappa shape index (κ1) is 19.2. The van der Waals surface area contributed by atoms with E-state index in [-0.39, 0.29) is 13.1 Å². The Labute approximate surface area is 153 Å². The molecule has 1 aliphatic heterocycles. The summed E-state index contributed by atoms with van der Waals surface area (Å²) in [6.45, 7) is 1.29. The van der Waals surface area contributed by atoms with E-state index in [9.17, 15) is 19.2 Å². The minimum atomic E-state index is -1.54. The summed E-state index contributed by atoms with van der Waals surface area (Å²) in [5.41, 5.74) is 0.703. The lowest BCUT2D eigenvalue weighted by Gasteiger charge is -2.34. The van der Waals surface area contributed by atoms with Crippen LogP contribution in [0.2, 0.25) is 10.0 Å². The summed E-state index contributed by atoms with van der Waals surface area (Å²) in [5, 5.41) is 11.4. The van der Waals surface area contributed by atoms with E-state index in [0.29, 0.717) is 15.6 Å². The maximum Gasteiger partial charge on any atom is 0.322 e. The lowest BCUT2D eigenvalue weighted by atomic mass is 9.87. The van der Waals surface area contributed by atoms with Gasteiger partial charge in [-0.05, 0) is 17.7 Å². The second-order valence-electron chi connectivity index (χ2n) is 5.82. The highest BCUT2D eigenvalue weighted by atomic mass is 35.5. The highest BCUT2D eigenvalue weighted by Crippen LogP contribution is 2.26. The number of hydrogen-bond donors (Lipinski definition) is 2. The van der Waals surface area contributed by atoms with Crippen molar-refractivity contribution in [1.29, 1.82) is 0 Å². The average Bonchev–Trinajstić information content (AvgIpc) is 2.54. The molecule has 0 bridgehead atoms.